The Hall–Kier alpha value is -0.0800. The van der Waals surface area contributed by atoms with Crippen LogP contribution in [0.4, 0.5) is 0 Å². The van der Waals surface area contributed by atoms with Crippen molar-refractivity contribution >= 4 is 0 Å². The second-order valence-corrected chi connectivity index (χ2v) is 4.82. The van der Waals surface area contributed by atoms with Crippen LogP contribution in [0.3, 0.4) is 0 Å². The molecule has 2 fully saturated rings. The Labute approximate surface area is 80.7 Å². The third-order valence-electron chi connectivity index (χ3n) is 3.98. The van der Waals surface area contributed by atoms with Gasteiger partial charge in [-0.2, -0.15) is 0 Å². The highest BCUT2D eigenvalue weighted by Crippen LogP contribution is 2.50. The Balaban J connectivity index is 1.99. The fraction of sp³-hybridized carbons (Fsp3) is 1.00. The lowest BCUT2D eigenvalue weighted by Crippen LogP contribution is -2.52. The van der Waals surface area contributed by atoms with Crippen LogP contribution in [0.1, 0.15) is 39.0 Å². The van der Waals surface area contributed by atoms with Gasteiger partial charge in [-0.25, -0.2) is 0 Å². The maximum Gasteiger partial charge on any atom is 0.0616 e. The summed E-state index contributed by atoms with van der Waals surface area (Å²) in [7, 11) is 0. The van der Waals surface area contributed by atoms with Gasteiger partial charge in [0.1, 0.15) is 0 Å². The molecule has 0 aromatic heterocycles. The lowest BCUT2D eigenvalue weighted by molar-refractivity contribution is 0.106. The highest BCUT2D eigenvalue weighted by Gasteiger charge is 2.49. The number of hydrogen-bond acceptors (Lipinski definition) is 2. The van der Waals surface area contributed by atoms with Crippen LogP contribution in [0, 0.1) is 11.8 Å². The van der Waals surface area contributed by atoms with Gasteiger partial charge in [0, 0.05) is 5.54 Å². The molecule has 0 aromatic carbocycles. The number of fused-ring (bicyclic) bond motifs is 2. The number of aliphatic hydroxyl groups is 1. The van der Waals surface area contributed by atoms with Crippen LogP contribution in [-0.4, -0.2) is 23.8 Å². The van der Waals surface area contributed by atoms with Gasteiger partial charge in [-0.3, -0.25) is 0 Å². The summed E-state index contributed by atoms with van der Waals surface area (Å²) < 4.78 is 0. The molecule has 0 amide bonds. The molecule has 0 saturated heterocycles. The molecule has 3 unspecified atom stereocenters. The Morgan fingerprint density at radius 1 is 1.46 bits per heavy atom. The monoisotopic (exact) mass is 183 g/mol. The largest absolute Gasteiger partial charge is 0.394 e. The maximum absolute atomic E-state index is 9.50. The molecule has 0 aromatic rings. The SMILES string of the molecule is CCCNC1(CO)CC2CCC1C2. The standard InChI is InChI=1S/C11H21NO/c1-2-5-12-11(8-13)7-9-3-4-10(11)6-9/h9-10,12-13H,2-8H2,1H3. The summed E-state index contributed by atoms with van der Waals surface area (Å²) in [6, 6.07) is 0. The number of rotatable bonds is 4. The van der Waals surface area contributed by atoms with Crippen LogP contribution in [0.2, 0.25) is 0 Å². The van der Waals surface area contributed by atoms with E-state index in [9.17, 15) is 5.11 Å². The van der Waals surface area contributed by atoms with Gasteiger partial charge in [0.2, 0.25) is 0 Å². The smallest absolute Gasteiger partial charge is 0.0616 e. The summed E-state index contributed by atoms with van der Waals surface area (Å²) in [6.45, 7) is 3.59. The lowest BCUT2D eigenvalue weighted by Gasteiger charge is -2.37. The van der Waals surface area contributed by atoms with E-state index >= 15 is 0 Å². The first-order valence-electron chi connectivity index (χ1n) is 5.66. The van der Waals surface area contributed by atoms with Crippen LogP contribution >= 0.6 is 0 Å². The average Bonchev–Trinajstić information content (AvgIpc) is 2.74. The van der Waals surface area contributed by atoms with Crippen molar-refractivity contribution in [3.63, 3.8) is 0 Å². The van der Waals surface area contributed by atoms with Crippen molar-refractivity contribution in [2.24, 2.45) is 11.8 Å². The summed E-state index contributed by atoms with van der Waals surface area (Å²) in [5.41, 5.74) is 0.110. The summed E-state index contributed by atoms with van der Waals surface area (Å²) in [6.07, 6.45) is 6.48. The normalized spacial score (nSPS) is 42.9. The molecular formula is C11H21NO. The van der Waals surface area contributed by atoms with Crippen LogP contribution in [0.25, 0.3) is 0 Å². The van der Waals surface area contributed by atoms with Crippen molar-refractivity contribution in [2.75, 3.05) is 13.2 Å². The highest BCUT2D eigenvalue weighted by atomic mass is 16.3. The summed E-state index contributed by atoms with van der Waals surface area (Å²) in [5, 5.41) is 13.1. The quantitative estimate of drug-likeness (QED) is 0.693. The van der Waals surface area contributed by atoms with Crippen LogP contribution in [0.5, 0.6) is 0 Å². The van der Waals surface area contributed by atoms with E-state index in [1.165, 1.54) is 32.1 Å². The topological polar surface area (TPSA) is 32.3 Å². The molecule has 0 radical (unpaired) electrons. The van der Waals surface area contributed by atoms with E-state index in [-0.39, 0.29) is 5.54 Å². The zero-order valence-electron chi connectivity index (χ0n) is 8.55. The molecular weight excluding hydrogens is 162 g/mol. The summed E-state index contributed by atoms with van der Waals surface area (Å²) >= 11 is 0. The van der Waals surface area contributed by atoms with Gasteiger partial charge in [0.05, 0.1) is 6.61 Å². The molecule has 0 spiro atoms. The number of hydrogen-bond donors (Lipinski definition) is 2. The van der Waals surface area contributed by atoms with Gasteiger partial charge >= 0.3 is 0 Å². The molecule has 2 aliphatic rings. The second-order valence-electron chi connectivity index (χ2n) is 4.82. The van der Waals surface area contributed by atoms with Crippen LogP contribution in [-0.2, 0) is 0 Å². The zero-order valence-corrected chi connectivity index (χ0v) is 8.55. The van der Waals surface area contributed by atoms with E-state index in [0.29, 0.717) is 6.61 Å². The van der Waals surface area contributed by atoms with Crippen molar-refractivity contribution in [3.8, 4) is 0 Å². The maximum atomic E-state index is 9.50. The molecule has 2 nitrogen and oxygen atoms in total. The first kappa shape index (κ1) is 9.47. The van der Waals surface area contributed by atoms with Crippen molar-refractivity contribution < 1.29 is 5.11 Å². The van der Waals surface area contributed by atoms with Gasteiger partial charge < -0.3 is 10.4 Å². The van der Waals surface area contributed by atoms with Gasteiger partial charge in [0.25, 0.3) is 0 Å². The van der Waals surface area contributed by atoms with E-state index in [0.717, 1.165) is 18.4 Å². The van der Waals surface area contributed by atoms with Gasteiger partial charge in [-0.05, 0) is 44.1 Å². The molecule has 2 N–H and O–H groups in total. The van der Waals surface area contributed by atoms with Crippen molar-refractivity contribution in [2.45, 2.75) is 44.6 Å². The van der Waals surface area contributed by atoms with E-state index in [1.807, 2.05) is 0 Å². The minimum atomic E-state index is 0.110. The third-order valence-corrected chi connectivity index (χ3v) is 3.98. The Morgan fingerprint density at radius 3 is 2.77 bits per heavy atom. The molecule has 13 heavy (non-hydrogen) atoms. The fourth-order valence-electron chi connectivity index (χ4n) is 3.28. The zero-order chi connectivity index (χ0) is 9.31. The molecule has 2 aliphatic carbocycles. The van der Waals surface area contributed by atoms with Gasteiger partial charge in [-0.15, -0.1) is 0 Å². The first-order chi connectivity index (χ1) is 6.30. The van der Waals surface area contributed by atoms with E-state index in [4.69, 9.17) is 0 Å². The third kappa shape index (κ3) is 1.50. The molecule has 0 aliphatic heterocycles. The molecule has 3 atom stereocenters. The summed E-state index contributed by atoms with van der Waals surface area (Å²) in [5.74, 6) is 1.66. The number of aliphatic hydroxyl groups excluding tert-OH is 1. The van der Waals surface area contributed by atoms with Crippen molar-refractivity contribution in [1.29, 1.82) is 0 Å². The molecule has 2 heteroatoms. The van der Waals surface area contributed by atoms with E-state index in [2.05, 4.69) is 12.2 Å². The Kier molecular flexibility index (Phi) is 2.61. The minimum Gasteiger partial charge on any atom is -0.394 e. The van der Waals surface area contributed by atoms with E-state index < -0.39 is 0 Å². The summed E-state index contributed by atoms with van der Waals surface area (Å²) in [4.78, 5) is 0. The van der Waals surface area contributed by atoms with Gasteiger partial charge in [-0.1, -0.05) is 13.3 Å². The molecule has 2 rings (SSSR count). The highest BCUT2D eigenvalue weighted by molar-refractivity contribution is 5.05. The second kappa shape index (κ2) is 3.58. The van der Waals surface area contributed by atoms with Crippen LogP contribution < -0.4 is 5.32 Å². The lowest BCUT2D eigenvalue weighted by atomic mass is 9.81. The molecule has 2 saturated carbocycles. The molecule has 0 heterocycles. The average molecular weight is 183 g/mol. The van der Waals surface area contributed by atoms with E-state index in [1.54, 1.807) is 0 Å². The minimum absolute atomic E-state index is 0.110. The number of nitrogens with one attached hydrogen (secondary N) is 1. The predicted octanol–water partition coefficient (Wildman–Crippen LogP) is 1.54. The molecule has 2 bridgehead atoms. The van der Waals surface area contributed by atoms with Crippen molar-refractivity contribution in [1.82, 2.24) is 5.32 Å². The fourth-order valence-corrected chi connectivity index (χ4v) is 3.28. The Morgan fingerprint density at radius 2 is 2.31 bits per heavy atom. The van der Waals surface area contributed by atoms with Crippen molar-refractivity contribution in [3.05, 3.63) is 0 Å². The molecule has 76 valence electrons. The Bertz CT molecular complexity index is 183. The van der Waals surface area contributed by atoms with Crippen LogP contribution in [0.15, 0.2) is 0 Å². The first-order valence-corrected chi connectivity index (χ1v) is 5.66. The predicted molar refractivity (Wildman–Crippen MR) is 53.6 cm³/mol. The van der Waals surface area contributed by atoms with Gasteiger partial charge in [0.15, 0.2) is 0 Å².